The average Bonchev–Trinajstić information content (AvgIpc) is 2.26. The van der Waals surface area contributed by atoms with E-state index in [1.807, 2.05) is 0 Å². The van der Waals surface area contributed by atoms with E-state index in [1.165, 1.54) is 0 Å². The van der Waals surface area contributed by atoms with Crippen molar-refractivity contribution in [2.75, 3.05) is 0 Å². The first-order valence-electron chi connectivity index (χ1n) is 4.60. The van der Waals surface area contributed by atoms with E-state index in [9.17, 15) is 28.5 Å². The molecule has 0 saturated heterocycles. The smallest absolute Gasteiger partial charge is 0.387 e. The SMILES string of the molecule is CC(=O)c1cc(C=O)cc(OC(F)F)c1[N+](=O)[O-]. The lowest BCUT2D eigenvalue weighted by Crippen LogP contribution is -2.09. The molecule has 0 atom stereocenters. The minimum absolute atomic E-state index is 0.165. The van der Waals surface area contributed by atoms with Gasteiger partial charge in [-0.05, 0) is 19.1 Å². The summed E-state index contributed by atoms with van der Waals surface area (Å²) >= 11 is 0. The Balaban J connectivity index is 3.54. The summed E-state index contributed by atoms with van der Waals surface area (Å²) in [6.45, 7) is -2.28. The highest BCUT2D eigenvalue weighted by Crippen LogP contribution is 2.33. The maximum absolute atomic E-state index is 12.1. The summed E-state index contributed by atoms with van der Waals surface area (Å²) in [4.78, 5) is 31.5. The third kappa shape index (κ3) is 2.84. The standard InChI is InChI=1S/C10H7F2NO5/c1-5(15)7-2-6(4-14)3-8(18-10(11)12)9(7)13(16)17/h2-4,10H,1H3. The summed E-state index contributed by atoms with van der Waals surface area (Å²) in [7, 11) is 0. The van der Waals surface area contributed by atoms with Crippen LogP contribution < -0.4 is 4.74 Å². The van der Waals surface area contributed by atoms with E-state index >= 15 is 0 Å². The number of hydrogen-bond acceptors (Lipinski definition) is 5. The van der Waals surface area contributed by atoms with E-state index in [0.29, 0.717) is 0 Å². The van der Waals surface area contributed by atoms with Gasteiger partial charge in [0.25, 0.3) is 0 Å². The summed E-state index contributed by atoms with van der Waals surface area (Å²) < 4.78 is 28.2. The molecule has 1 aromatic carbocycles. The molecule has 0 saturated carbocycles. The van der Waals surface area contributed by atoms with Gasteiger partial charge in [0.05, 0.1) is 10.5 Å². The fourth-order valence-corrected chi connectivity index (χ4v) is 1.34. The Bertz CT molecular complexity index is 515. The van der Waals surface area contributed by atoms with E-state index in [2.05, 4.69) is 4.74 Å². The third-order valence-corrected chi connectivity index (χ3v) is 2.01. The van der Waals surface area contributed by atoms with Gasteiger partial charge in [0.1, 0.15) is 6.29 Å². The molecule has 0 aliphatic heterocycles. The zero-order valence-electron chi connectivity index (χ0n) is 9.05. The Kier molecular flexibility index (Phi) is 4.03. The van der Waals surface area contributed by atoms with Crippen molar-refractivity contribution in [3.63, 3.8) is 0 Å². The van der Waals surface area contributed by atoms with Crippen LogP contribution in [0.25, 0.3) is 0 Å². The van der Waals surface area contributed by atoms with Gasteiger partial charge in [-0.25, -0.2) is 0 Å². The Morgan fingerprint density at radius 3 is 2.50 bits per heavy atom. The molecule has 0 spiro atoms. The number of ketones is 1. The first-order chi connectivity index (χ1) is 8.36. The van der Waals surface area contributed by atoms with Crippen LogP contribution in [-0.2, 0) is 0 Å². The van der Waals surface area contributed by atoms with Crippen LogP contribution in [0.15, 0.2) is 12.1 Å². The van der Waals surface area contributed by atoms with Gasteiger partial charge >= 0.3 is 12.3 Å². The molecular formula is C10H7F2NO5. The summed E-state index contributed by atoms with van der Waals surface area (Å²) in [6, 6.07) is 1.73. The topological polar surface area (TPSA) is 86.5 Å². The normalized spacial score (nSPS) is 10.2. The van der Waals surface area contributed by atoms with Crippen LogP contribution in [0.1, 0.15) is 27.6 Å². The van der Waals surface area contributed by atoms with E-state index in [-0.39, 0.29) is 11.8 Å². The third-order valence-electron chi connectivity index (χ3n) is 2.01. The van der Waals surface area contributed by atoms with Gasteiger partial charge in [0.2, 0.25) is 5.75 Å². The summed E-state index contributed by atoms with van der Waals surface area (Å²) in [5.41, 5.74) is -1.50. The van der Waals surface area contributed by atoms with Crippen molar-refractivity contribution < 1.29 is 28.0 Å². The van der Waals surface area contributed by atoms with Crippen LogP contribution in [-0.4, -0.2) is 23.6 Å². The maximum atomic E-state index is 12.1. The van der Waals surface area contributed by atoms with Gasteiger partial charge in [-0.15, -0.1) is 0 Å². The number of aldehydes is 1. The highest BCUT2D eigenvalue weighted by molar-refractivity contribution is 6.00. The molecule has 0 aliphatic carbocycles. The second-order valence-electron chi connectivity index (χ2n) is 3.22. The largest absolute Gasteiger partial charge is 0.427 e. The predicted octanol–water partition coefficient (Wildman–Crippen LogP) is 2.21. The number of carbonyl (C=O) groups is 2. The minimum Gasteiger partial charge on any atom is -0.427 e. The molecule has 0 bridgehead atoms. The summed E-state index contributed by atoms with van der Waals surface area (Å²) in [5, 5.41) is 10.8. The van der Waals surface area contributed by atoms with E-state index in [1.54, 1.807) is 0 Å². The number of carbonyl (C=O) groups excluding carboxylic acids is 2. The Labute approximate surface area is 99.3 Å². The lowest BCUT2D eigenvalue weighted by atomic mass is 10.1. The lowest BCUT2D eigenvalue weighted by molar-refractivity contribution is -0.386. The first-order valence-corrected chi connectivity index (χ1v) is 4.60. The van der Waals surface area contributed by atoms with Crippen molar-refractivity contribution in [3.8, 4) is 5.75 Å². The molecule has 0 heterocycles. The van der Waals surface area contributed by atoms with Gasteiger partial charge in [0.15, 0.2) is 5.78 Å². The van der Waals surface area contributed by atoms with Crippen LogP contribution in [0.5, 0.6) is 5.75 Å². The molecule has 0 N–H and O–H groups in total. The molecule has 1 aromatic rings. The molecule has 0 amide bonds. The molecular weight excluding hydrogens is 252 g/mol. The van der Waals surface area contributed by atoms with Gasteiger partial charge in [-0.3, -0.25) is 19.7 Å². The van der Waals surface area contributed by atoms with E-state index < -0.39 is 34.3 Å². The Hall–Kier alpha value is -2.38. The molecule has 1 rings (SSSR count). The number of halogens is 2. The highest BCUT2D eigenvalue weighted by Gasteiger charge is 2.26. The molecule has 0 radical (unpaired) electrons. The molecule has 0 unspecified atom stereocenters. The molecule has 0 aliphatic rings. The average molecular weight is 259 g/mol. The van der Waals surface area contributed by atoms with Crippen LogP contribution >= 0.6 is 0 Å². The number of alkyl halides is 2. The van der Waals surface area contributed by atoms with E-state index in [0.717, 1.165) is 19.1 Å². The zero-order chi connectivity index (χ0) is 13.9. The maximum Gasteiger partial charge on any atom is 0.387 e. The first kappa shape index (κ1) is 13.7. The summed E-state index contributed by atoms with van der Waals surface area (Å²) in [5.74, 6) is -1.55. The van der Waals surface area contributed by atoms with Crippen molar-refractivity contribution >= 4 is 17.8 Å². The number of nitro benzene ring substituents is 1. The molecule has 0 aromatic heterocycles. The fraction of sp³-hybridized carbons (Fsp3) is 0.200. The highest BCUT2D eigenvalue weighted by atomic mass is 19.3. The molecule has 8 heteroatoms. The molecule has 0 fully saturated rings. The number of Topliss-reactive ketones (excluding diaryl/α,β-unsaturated/α-hetero) is 1. The van der Waals surface area contributed by atoms with Gasteiger partial charge in [-0.2, -0.15) is 8.78 Å². The second-order valence-corrected chi connectivity index (χ2v) is 3.22. The Morgan fingerprint density at radius 2 is 2.11 bits per heavy atom. The summed E-state index contributed by atoms with van der Waals surface area (Å²) in [6.07, 6.45) is 0.272. The number of benzene rings is 1. The number of ether oxygens (including phenoxy) is 1. The number of nitro groups is 1. The second kappa shape index (κ2) is 5.30. The van der Waals surface area contributed by atoms with Crippen LogP contribution in [0.3, 0.4) is 0 Å². The van der Waals surface area contributed by atoms with E-state index in [4.69, 9.17) is 0 Å². The number of rotatable bonds is 5. The minimum atomic E-state index is -3.30. The van der Waals surface area contributed by atoms with Crippen molar-refractivity contribution in [3.05, 3.63) is 33.4 Å². The van der Waals surface area contributed by atoms with Crippen molar-refractivity contribution in [1.29, 1.82) is 0 Å². The fourth-order valence-electron chi connectivity index (χ4n) is 1.34. The molecule has 6 nitrogen and oxygen atoms in total. The van der Waals surface area contributed by atoms with Crippen molar-refractivity contribution in [2.45, 2.75) is 13.5 Å². The van der Waals surface area contributed by atoms with Gasteiger partial charge in [-0.1, -0.05) is 0 Å². The molecule has 18 heavy (non-hydrogen) atoms. The van der Waals surface area contributed by atoms with Crippen LogP contribution in [0, 0.1) is 10.1 Å². The lowest BCUT2D eigenvalue weighted by Gasteiger charge is -2.08. The molecule has 96 valence electrons. The van der Waals surface area contributed by atoms with Gasteiger partial charge < -0.3 is 4.74 Å². The van der Waals surface area contributed by atoms with Crippen LogP contribution in [0.2, 0.25) is 0 Å². The van der Waals surface area contributed by atoms with Crippen molar-refractivity contribution in [2.24, 2.45) is 0 Å². The number of hydrogen-bond donors (Lipinski definition) is 0. The Morgan fingerprint density at radius 1 is 1.50 bits per heavy atom. The monoisotopic (exact) mass is 259 g/mol. The predicted molar refractivity (Wildman–Crippen MR) is 55.1 cm³/mol. The van der Waals surface area contributed by atoms with Crippen LogP contribution in [0.4, 0.5) is 14.5 Å². The zero-order valence-corrected chi connectivity index (χ0v) is 9.05. The quantitative estimate of drug-likeness (QED) is 0.350. The van der Waals surface area contributed by atoms with Gasteiger partial charge in [0, 0.05) is 5.56 Å². The number of nitrogens with zero attached hydrogens (tertiary/aromatic N) is 1. The van der Waals surface area contributed by atoms with Crippen molar-refractivity contribution in [1.82, 2.24) is 0 Å².